The minimum absolute atomic E-state index is 0.0152. The number of hydrogen-bond donors (Lipinski definition) is 0. The number of esters is 1. The van der Waals surface area contributed by atoms with E-state index in [1.807, 2.05) is 19.1 Å². The van der Waals surface area contributed by atoms with Crippen LogP contribution in [0.15, 0.2) is 23.8 Å². The molecule has 116 valence electrons. The lowest BCUT2D eigenvalue weighted by Crippen LogP contribution is -2.29. The summed E-state index contributed by atoms with van der Waals surface area (Å²) in [5.41, 5.74) is 0.0152. The molecule has 5 heteroatoms. The molecule has 0 unspecified atom stereocenters. The Morgan fingerprint density at radius 3 is 2.71 bits per heavy atom. The van der Waals surface area contributed by atoms with Crippen LogP contribution in [0.3, 0.4) is 0 Å². The van der Waals surface area contributed by atoms with Gasteiger partial charge < -0.3 is 9.47 Å². The van der Waals surface area contributed by atoms with Crippen molar-refractivity contribution < 1.29 is 14.3 Å². The van der Waals surface area contributed by atoms with Gasteiger partial charge in [-0.1, -0.05) is 18.6 Å². The van der Waals surface area contributed by atoms with Gasteiger partial charge in [0.1, 0.15) is 18.2 Å². The van der Waals surface area contributed by atoms with Crippen molar-refractivity contribution in [2.75, 3.05) is 39.5 Å². The normalized spacial score (nSPS) is 16.9. The highest BCUT2D eigenvalue weighted by atomic mass is 16.6. The van der Waals surface area contributed by atoms with Crippen LogP contribution in [-0.2, 0) is 14.3 Å². The monoisotopic (exact) mass is 292 g/mol. The molecule has 0 N–H and O–H groups in total. The van der Waals surface area contributed by atoms with Crippen molar-refractivity contribution >= 4 is 5.97 Å². The van der Waals surface area contributed by atoms with Crippen LogP contribution in [0, 0.1) is 11.3 Å². The van der Waals surface area contributed by atoms with Crippen molar-refractivity contribution in [1.29, 1.82) is 5.26 Å². The summed E-state index contributed by atoms with van der Waals surface area (Å²) in [5.74, 6) is -0.597. The Morgan fingerprint density at radius 2 is 2.05 bits per heavy atom. The predicted molar refractivity (Wildman–Crippen MR) is 80.6 cm³/mol. The van der Waals surface area contributed by atoms with Crippen LogP contribution in [0.2, 0.25) is 0 Å². The second-order valence-corrected chi connectivity index (χ2v) is 4.81. The molecule has 0 aromatic heterocycles. The summed E-state index contributed by atoms with van der Waals surface area (Å²) in [4.78, 5) is 14.0. The van der Waals surface area contributed by atoms with Crippen molar-refractivity contribution in [3.63, 3.8) is 0 Å². The second kappa shape index (κ2) is 11.1. The number of nitrogens with zero attached hydrogens (tertiary/aromatic N) is 2. The largest absolute Gasteiger partial charge is 0.459 e. The molecule has 1 heterocycles. The first kappa shape index (κ1) is 17.4. The van der Waals surface area contributed by atoms with Gasteiger partial charge in [0.15, 0.2) is 0 Å². The molecule has 1 aliphatic heterocycles. The van der Waals surface area contributed by atoms with Crippen LogP contribution in [0.4, 0.5) is 0 Å². The molecule has 21 heavy (non-hydrogen) atoms. The average molecular weight is 292 g/mol. The van der Waals surface area contributed by atoms with Crippen LogP contribution in [0.1, 0.15) is 26.2 Å². The summed E-state index contributed by atoms with van der Waals surface area (Å²) in [6.45, 7) is 6.08. The maximum absolute atomic E-state index is 11.6. The number of nitriles is 1. The molecule has 1 rings (SSSR count). The molecule has 0 amide bonds. The van der Waals surface area contributed by atoms with Gasteiger partial charge in [0, 0.05) is 13.2 Å². The van der Waals surface area contributed by atoms with Crippen LogP contribution in [0.5, 0.6) is 0 Å². The van der Waals surface area contributed by atoms with Crippen LogP contribution in [-0.4, -0.2) is 50.3 Å². The summed E-state index contributed by atoms with van der Waals surface area (Å²) in [5, 5.41) is 8.95. The third-order valence-corrected chi connectivity index (χ3v) is 3.22. The van der Waals surface area contributed by atoms with Crippen LogP contribution >= 0.6 is 0 Å². The van der Waals surface area contributed by atoms with Crippen molar-refractivity contribution in [1.82, 2.24) is 4.90 Å². The van der Waals surface area contributed by atoms with Crippen molar-refractivity contribution in [3.8, 4) is 6.07 Å². The van der Waals surface area contributed by atoms with Gasteiger partial charge in [0.05, 0.1) is 6.61 Å². The van der Waals surface area contributed by atoms with E-state index < -0.39 is 5.97 Å². The standard InChI is InChI=1S/C16H24N2O3/c1-2-20-12-13-21-16(19)15(14-17)8-4-7-11-18-9-5-3-6-10-18/h4,7-8H,2-3,5-6,9-13H2,1H3/b7-4?,15-8+. The Morgan fingerprint density at radius 1 is 1.29 bits per heavy atom. The predicted octanol–water partition coefficient (Wildman–Crippen LogP) is 2.06. The van der Waals surface area contributed by atoms with Gasteiger partial charge in [-0.05, 0) is 38.9 Å². The number of piperidine rings is 1. The average Bonchev–Trinajstić information content (AvgIpc) is 2.52. The van der Waals surface area contributed by atoms with Crippen molar-refractivity contribution in [2.24, 2.45) is 0 Å². The number of rotatable bonds is 8. The number of hydrogen-bond acceptors (Lipinski definition) is 5. The highest BCUT2D eigenvalue weighted by Crippen LogP contribution is 2.08. The number of carbonyl (C=O) groups is 1. The molecule has 0 radical (unpaired) electrons. The lowest BCUT2D eigenvalue weighted by Gasteiger charge is -2.24. The SMILES string of the molecule is CCOCCOC(=O)/C(C#N)=C/C=CCN1CCCCC1. The topological polar surface area (TPSA) is 62.6 Å². The Balaban J connectivity index is 2.32. The van der Waals surface area contributed by atoms with Gasteiger partial charge >= 0.3 is 5.97 Å². The van der Waals surface area contributed by atoms with E-state index in [1.165, 1.54) is 25.3 Å². The van der Waals surface area contributed by atoms with Gasteiger partial charge in [-0.2, -0.15) is 5.26 Å². The van der Waals surface area contributed by atoms with Gasteiger partial charge in [0.2, 0.25) is 0 Å². The maximum atomic E-state index is 11.6. The molecule has 0 bridgehead atoms. The van der Waals surface area contributed by atoms with E-state index in [2.05, 4.69) is 4.90 Å². The first-order chi connectivity index (χ1) is 10.3. The highest BCUT2D eigenvalue weighted by molar-refractivity contribution is 5.93. The summed E-state index contributed by atoms with van der Waals surface area (Å²) in [7, 11) is 0. The molecular weight excluding hydrogens is 268 g/mol. The molecular formula is C16H24N2O3. The Kier molecular flexibility index (Phi) is 9.18. The molecule has 0 aromatic carbocycles. The first-order valence-corrected chi connectivity index (χ1v) is 7.52. The molecule has 0 aromatic rings. The van der Waals surface area contributed by atoms with Gasteiger partial charge in [-0.3, -0.25) is 4.90 Å². The van der Waals surface area contributed by atoms with Gasteiger partial charge in [0.25, 0.3) is 0 Å². The fourth-order valence-corrected chi connectivity index (χ4v) is 2.08. The van der Waals surface area contributed by atoms with E-state index in [0.717, 1.165) is 19.6 Å². The van der Waals surface area contributed by atoms with Crippen molar-refractivity contribution in [2.45, 2.75) is 26.2 Å². The summed E-state index contributed by atoms with van der Waals surface area (Å²) >= 11 is 0. The molecule has 1 fully saturated rings. The van der Waals surface area contributed by atoms with Crippen LogP contribution < -0.4 is 0 Å². The minimum Gasteiger partial charge on any atom is -0.459 e. The Labute approximate surface area is 126 Å². The smallest absolute Gasteiger partial charge is 0.348 e. The second-order valence-electron chi connectivity index (χ2n) is 4.81. The summed E-state index contributed by atoms with van der Waals surface area (Å²) in [6.07, 6.45) is 9.03. The molecule has 1 aliphatic rings. The van der Waals surface area contributed by atoms with Crippen LogP contribution in [0.25, 0.3) is 0 Å². The van der Waals surface area contributed by atoms with E-state index in [0.29, 0.717) is 13.2 Å². The van der Waals surface area contributed by atoms with Crippen molar-refractivity contribution in [3.05, 3.63) is 23.8 Å². The zero-order chi connectivity index (χ0) is 15.3. The quantitative estimate of drug-likeness (QED) is 0.225. The molecule has 5 nitrogen and oxygen atoms in total. The fourth-order valence-electron chi connectivity index (χ4n) is 2.08. The van der Waals surface area contributed by atoms with E-state index in [1.54, 1.807) is 6.08 Å². The van der Waals surface area contributed by atoms with Gasteiger partial charge in [-0.15, -0.1) is 0 Å². The Hall–Kier alpha value is -1.64. The number of carbonyl (C=O) groups excluding carboxylic acids is 1. The number of likely N-dealkylation sites (tertiary alicyclic amines) is 1. The van der Waals surface area contributed by atoms with E-state index in [9.17, 15) is 4.79 Å². The molecule has 0 spiro atoms. The number of allylic oxidation sites excluding steroid dienone is 2. The minimum atomic E-state index is -0.597. The fraction of sp³-hybridized carbons (Fsp3) is 0.625. The van der Waals surface area contributed by atoms with E-state index >= 15 is 0 Å². The highest BCUT2D eigenvalue weighted by Gasteiger charge is 2.09. The molecule has 0 saturated carbocycles. The van der Waals surface area contributed by atoms with Gasteiger partial charge in [-0.25, -0.2) is 4.79 Å². The Bertz CT molecular complexity index is 404. The summed E-state index contributed by atoms with van der Waals surface area (Å²) < 4.78 is 10.0. The first-order valence-electron chi connectivity index (χ1n) is 7.52. The third-order valence-electron chi connectivity index (χ3n) is 3.22. The summed E-state index contributed by atoms with van der Waals surface area (Å²) in [6, 6.07) is 1.86. The zero-order valence-corrected chi connectivity index (χ0v) is 12.7. The third kappa shape index (κ3) is 7.64. The molecule has 0 atom stereocenters. The lowest BCUT2D eigenvalue weighted by molar-refractivity contribution is -0.140. The lowest BCUT2D eigenvalue weighted by atomic mass is 10.1. The van der Waals surface area contributed by atoms with E-state index in [-0.39, 0.29) is 12.2 Å². The van der Waals surface area contributed by atoms with E-state index in [4.69, 9.17) is 14.7 Å². The number of ether oxygens (including phenoxy) is 2. The zero-order valence-electron chi connectivity index (χ0n) is 12.7. The molecule has 1 saturated heterocycles. The maximum Gasteiger partial charge on any atom is 0.348 e. The molecule has 0 aliphatic carbocycles.